The van der Waals surface area contributed by atoms with Crippen LogP contribution in [0, 0.1) is 6.92 Å². The Balaban J connectivity index is 0.000000185. The number of benzene rings is 3. The van der Waals surface area contributed by atoms with Crippen LogP contribution in [-0.4, -0.2) is 15.2 Å². The number of aliphatic hydroxyl groups excluding tert-OH is 2. The van der Waals surface area contributed by atoms with Crippen molar-refractivity contribution in [1.82, 2.24) is 4.98 Å². The smallest absolute Gasteiger partial charge is 0.0818 e. The van der Waals surface area contributed by atoms with Crippen molar-refractivity contribution < 1.29 is 30.3 Å². The summed E-state index contributed by atoms with van der Waals surface area (Å²) in [6.45, 7) is 4.16. The molecule has 0 saturated carbocycles. The first-order chi connectivity index (χ1) is 16.1. The third-order valence-electron chi connectivity index (χ3n) is 5.41. The third-order valence-corrected chi connectivity index (χ3v) is 6.65. The van der Waals surface area contributed by atoms with Crippen molar-refractivity contribution in [3.63, 3.8) is 0 Å². The summed E-state index contributed by atoms with van der Waals surface area (Å²) in [5.74, 6) is 0. The van der Waals surface area contributed by atoms with E-state index in [9.17, 15) is 10.2 Å². The molecule has 2 aromatic heterocycles. The Morgan fingerprint density at radius 2 is 1.24 bits per heavy atom. The van der Waals surface area contributed by atoms with E-state index in [4.69, 9.17) is 0 Å². The summed E-state index contributed by atoms with van der Waals surface area (Å²) in [4.78, 5) is 5.54. The van der Waals surface area contributed by atoms with E-state index in [1.54, 1.807) is 11.3 Å². The van der Waals surface area contributed by atoms with Crippen molar-refractivity contribution in [1.29, 1.82) is 0 Å². The largest absolute Gasteiger partial charge is 0.388 e. The van der Waals surface area contributed by atoms with Gasteiger partial charge in [0.15, 0.2) is 0 Å². The molecule has 175 valence electrons. The molecule has 2 unspecified atom stereocenters. The fourth-order valence-electron chi connectivity index (χ4n) is 3.64. The monoisotopic (exact) mass is 645 g/mol. The molecule has 3 nitrogen and oxygen atoms in total. The van der Waals surface area contributed by atoms with Gasteiger partial charge >= 0.3 is 0 Å². The van der Waals surface area contributed by atoms with Crippen molar-refractivity contribution in [3.8, 4) is 10.6 Å². The number of aliphatic hydroxyl groups is 2. The zero-order valence-electron chi connectivity index (χ0n) is 18.5. The van der Waals surface area contributed by atoms with Gasteiger partial charge in [-0.2, -0.15) is 12.5 Å². The van der Waals surface area contributed by atoms with Crippen LogP contribution in [0.15, 0.2) is 109 Å². The van der Waals surface area contributed by atoms with E-state index in [-0.39, 0.29) is 20.1 Å². The van der Waals surface area contributed by atoms with Gasteiger partial charge in [0.2, 0.25) is 0 Å². The van der Waals surface area contributed by atoms with E-state index in [2.05, 4.69) is 30.1 Å². The van der Waals surface area contributed by atoms with Crippen LogP contribution in [-0.2, 0) is 20.1 Å². The summed E-state index contributed by atoms with van der Waals surface area (Å²) >= 11 is 1.75. The maximum absolute atomic E-state index is 9.99. The number of thiophene rings is 1. The van der Waals surface area contributed by atoms with E-state index in [1.807, 2.05) is 91.1 Å². The third kappa shape index (κ3) is 6.41. The second-order valence-electron chi connectivity index (χ2n) is 7.71. The number of hydrogen-bond donors (Lipinski definition) is 2. The summed E-state index contributed by atoms with van der Waals surface area (Å²) in [6, 6.07) is 33.1. The van der Waals surface area contributed by atoms with Crippen LogP contribution in [0.3, 0.4) is 0 Å². The second-order valence-corrected chi connectivity index (χ2v) is 8.76. The van der Waals surface area contributed by atoms with Crippen LogP contribution in [0.25, 0.3) is 20.7 Å². The molecule has 2 atom stereocenters. The van der Waals surface area contributed by atoms with Crippen LogP contribution in [0.2, 0.25) is 0 Å². The van der Waals surface area contributed by atoms with Crippen LogP contribution in [0.4, 0.5) is 0 Å². The number of fused-ring (bicyclic) bond motifs is 1. The minimum Gasteiger partial charge on any atom is -0.388 e. The molecule has 0 aliphatic rings. The van der Waals surface area contributed by atoms with E-state index >= 15 is 0 Å². The Kier molecular flexibility index (Phi) is 9.58. The first-order valence-corrected chi connectivity index (χ1v) is 11.7. The van der Waals surface area contributed by atoms with Gasteiger partial charge in [0.25, 0.3) is 0 Å². The van der Waals surface area contributed by atoms with Gasteiger partial charge in [0, 0.05) is 38.4 Å². The molecule has 34 heavy (non-hydrogen) atoms. The number of hydrogen-bond acceptors (Lipinski definition) is 4. The molecule has 5 rings (SSSR count). The quantitative estimate of drug-likeness (QED) is 0.203. The normalized spacial score (nSPS) is 12.2. The van der Waals surface area contributed by atoms with Crippen LogP contribution in [0.1, 0.15) is 35.3 Å². The van der Waals surface area contributed by atoms with Crippen LogP contribution >= 0.6 is 11.3 Å². The molecule has 0 spiro atoms. The topological polar surface area (TPSA) is 53.4 Å². The number of pyridine rings is 1. The average molecular weight is 645 g/mol. The Morgan fingerprint density at radius 3 is 1.76 bits per heavy atom. The molecule has 2 N–H and O–H groups in total. The molecule has 2 heterocycles. The van der Waals surface area contributed by atoms with Crippen molar-refractivity contribution in [2.45, 2.75) is 18.6 Å². The summed E-state index contributed by atoms with van der Waals surface area (Å²) in [5, 5.41) is 21.2. The molecule has 0 aliphatic heterocycles. The van der Waals surface area contributed by atoms with Crippen molar-refractivity contribution >= 4 is 21.4 Å². The number of rotatable bonds is 5. The molecule has 5 heteroatoms. The van der Waals surface area contributed by atoms with Crippen LogP contribution in [0.5, 0.6) is 0 Å². The number of aromatic nitrogens is 1. The predicted molar refractivity (Wildman–Crippen MR) is 137 cm³/mol. The van der Waals surface area contributed by atoms with Gasteiger partial charge in [-0.15, -0.1) is 11.5 Å². The summed E-state index contributed by atoms with van der Waals surface area (Å²) in [5.41, 5.74) is 3.76. The molecular formula is C29H26IrNO2S-. The SMILES string of the molecule is OC(CC(O)c1ccccc1)c1ccccc1.[CH2-]c1c(-c2ccccn2)sc2ccccc12.[Ir]. The standard InChI is InChI=1S/C15H16O2.C14H10NS.Ir/c16-14(12-7-3-1-4-8-12)11-15(17)13-9-5-2-6-10-13;1-10-11-6-2-3-8-13(11)16-14(10)12-7-4-5-9-15-12;/h1-10,14-17H,11H2;2-9H,1H2;/q;-1;. The summed E-state index contributed by atoms with van der Waals surface area (Å²) < 4.78 is 1.27. The van der Waals surface area contributed by atoms with Gasteiger partial charge in [0.1, 0.15) is 0 Å². The van der Waals surface area contributed by atoms with Crippen LogP contribution < -0.4 is 0 Å². The summed E-state index contributed by atoms with van der Waals surface area (Å²) in [6.07, 6.45) is 0.866. The second kappa shape index (κ2) is 12.6. The Labute approximate surface area is 218 Å². The van der Waals surface area contributed by atoms with E-state index in [1.165, 1.54) is 15.0 Å². The number of nitrogens with zero attached hydrogens (tertiary/aromatic N) is 1. The fourth-order valence-corrected chi connectivity index (χ4v) is 4.76. The fraction of sp³-hybridized carbons (Fsp3) is 0.103. The molecular weight excluding hydrogens is 619 g/mol. The molecule has 0 fully saturated rings. The molecule has 0 aliphatic carbocycles. The molecule has 1 radical (unpaired) electrons. The van der Waals surface area contributed by atoms with Gasteiger partial charge in [-0.25, -0.2) is 11.3 Å². The zero-order valence-corrected chi connectivity index (χ0v) is 21.8. The van der Waals surface area contributed by atoms with Crippen molar-refractivity contribution in [3.05, 3.63) is 133 Å². The van der Waals surface area contributed by atoms with Gasteiger partial charge in [-0.3, -0.25) is 4.98 Å². The molecule has 0 bridgehead atoms. The minimum absolute atomic E-state index is 0. The van der Waals surface area contributed by atoms with Gasteiger partial charge < -0.3 is 10.2 Å². The Hall–Kier alpha value is -2.79. The van der Waals surface area contributed by atoms with Gasteiger partial charge in [0.05, 0.1) is 12.2 Å². The Bertz CT molecular complexity index is 1230. The Morgan fingerprint density at radius 1 is 0.706 bits per heavy atom. The summed E-state index contributed by atoms with van der Waals surface area (Å²) in [7, 11) is 0. The first-order valence-electron chi connectivity index (χ1n) is 10.8. The van der Waals surface area contributed by atoms with E-state index < -0.39 is 12.2 Å². The van der Waals surface area contributed by atoms with E-state index in [0.717, 1.165) is 22.4 Å². The molecule has 5 aromatic rings. The first kappa shape index (κ1) is 25.8. The molecule has 0 saturated heterocycles. The maximum atomic E-state index is 9.99. The molecule has 0 amide bonds. The zero-order chi connectivity index (χ0) is 23.0. The van der Waals surface area contributed by atoms with Crippen molar-refractivity contribution in [2.75, 3.05) is 0 Å². The van der Waals surface area contributed by atoms with Gasteiger partial charge in [-0.1, -0.05) is 84.9 Å². The van der Waals surface area contributed by atoms with E-state index in [0.29, 0.717) is 6.42 Å². The minimum atomic E-state index is -0.633. The average Bonchev–Trinajstić information content (AvgIpc) is 3.22. The maximum Gasteiger partial charge on any atom is 0.0818 e. The predicted octanol–water partition coefficient (Wildman–Crippen LogP) is 6.99. The van der Waals surface area contributed by atoms with Crippen molar-refractivity contribution in [2.24, 2.45) is 0 Å². The van der Waals surface area contributed by atoms with Gasteiger partial charge in [-0.05, 0) is 32.8 Å². The molecule has 3 aromatic carbocycles.